The second-order valence-electron chi connectivity index (χ2n) is 5.73. The van der Waals surface area contributed by atoms with E-state index in [4.69, 9.17) is 4.52 Å². The van der Waals surface area contributed by atoms with Crippen LogP contribution in [0.15, 0.2) is 36.4 Å². The highest BCUT2D eigenvalue weighted by Crippen LogP contribution is 2.29. The lowest BCUT2D eigenvalue weighted by molar-refractivity contribution is 0.353. The average molecular weight is 367 g/mol. The molecule has 0 aliphatic heterocycles. The third kappa shape index (κ3) is 4.92. The summed E-state index contributed by atoms with van der Waals surface area (Å²) in [5.41, 5.74) is 7.87. The van der Waals surface area contributed by atoms with Crippen LogP contribution >= 0.6 is 26.4 Å². The molecule has 2 rings (SSSR count). The van der Waals surface area contributed by atoms with Gasteiger partial charge < -0.3 is 4.52 Å². The van der Waals surface area contributed by atoms with Crippen molar-refractivity contribution in [2.45, 2.75) is 33.6 Å². The highest BCUT2D eigenvalue weighted by Gasteiger charge is 2.15. The maximum absolute atomic E-state index is 5.39. The molecule has 3 heteroatoms. The van der Waals surface area contributed by atoms with Crippen molar-refractivity contribution in [3.05, 3.63) is 69.8 Å². The Hall–Kier alpha value is -0.690. The van der Waals surface area contributed by atoms with Crippen LogP contribution in [-0.2, 0) is 4.52 Å². The van der Waals surface area contributed by atoms with Gasteiger partial charge in [-0.2, -0.15) is 0 Å². The van der Waals surface area contributed by atoms with Gasteiger partial charge in [0.25, 0.3) is 0 Å². The van der Waals surface area contributed by atoms with Gasteiger partial charge in [0.15, 0.2) is 0 Å². The van der Waals surface area contributed by atoms with Crippen LogP contribution in [0.5, 0.6) is 0 Å². The Bertz CT molecular complexity index is 518. The van der Waals surface area contributed by atoms with E-state index in [-0.39, 0.29) is 22.9 Å². The fourth-order valence-electron chi connectivity index (χ4n) is 2.90. The first-order valence-electron chi connectivity index (χ1n) is 6.97. The molecule has 1 atom stereocenters. The Morgan fingerprint density at radius 3 is 1.38 bits per heavy atom. The first kappa shape index (κ1) is 18.4. The monoisotopic (exact) mass is 366 g/mol. The predicted molar refractivity (Wildman–Crippen MR) is 99.7 cm³/mol. The van der Waals surface area contributed by atoms with Crippen molar-refractivity contribution in [1.82, 2.24) is 0 Å². The topological polar surface area (TPSA) is 9.23 Å². The molecule has 21 heavy (non-hydrogen) atoms. The molecule has 0 radical (unpaired) electrons. The van der Waals surface area contributed by atoms with Gasteiger partial charge in [-0.1, -0.05) is 58.7 Å². The molecule has 1 nitrogen and oxygen atoms in total. The summed E-state index contributed by atoms with van der Waals surface area (Å²) in [6.45, 7) is 9.27. The third-order valence-electron chi connectivity index (χ3n) is 3.56. The molecule has 0 aliphatic carbocycles. The highest BCUT2D eigenvalue weighted by atomic mass is 79.9. The number of rotatable bonds is 4. The van der Waals surface area contributed by atoms with E-state index in [1.54, 1.807) is 0 Å². The first-order valence-corrected chi connectivity index (χ1v) is 7.45. The Labute approximate surface area is 141 Å². The molecule has 114 valence electrons. The van der Waals surface area contributed by atoms with Crippen LogP contribution in [0, 0.1) is 27.7 Å². The molecule has 0 saturated heterocycles. The fraction of sp³-hybridized carbons (Fsp3) is 0.333. The van der Waals surface area contributed by atoms with Crippen LogP contribution in [0.1, 0.15) is 39.3 Å². The summed E-state index contributed by atoms with van der Waals surface area (Å²) in [6, 6.07) is 13.5. The zero-order valence-corrected chi connectivity index (χ0v) is 16.0. The second kappa shape index (κ2) is 8.08. The molecule has 0 spiro atoms. The van der Waals surface area contributed by atoms with Gasteiger partial charge in [0, 0.05) is 15.4 Å². The van der Waals surface area contributed by atoms with Crippen molar-refractivity contribution < 1.29 is 4.52 Å². The SMILES string of the molecule is Br.Cc1cc(C)cc(C(COP)c2cc(C)cc(C)c2)c1. The quantitative estimate of drug-likeness (QED) is 0.654. The van der Waals surface area contributed by atoms with Gasteiger partial charge in [-0.15, -0.1) is 17.0 Å². The van der Waals surface area contributed by atoms with E-state index in [9.17, 15) is 0 Å². The summed E-state index contributed by atoms with van der Waals surface area (Å²) in [5, 5.41) is 0. The molecular weight excluding hydrogens is 343 g/mol. The Morgan fingerprint density at radius 1 is 0.762 bits per heavy atom. The van der Waals surface area contributed by atoms with E-state index in [1.807, 2.05) is 0 Å². The second-order valence-corrected chi connectivity index (χ2v) is 6.06. The molecule has 0 bridgehead atoms. The summed E-state index contributed by atoms with van der Waals surface area (Å²) >= 11 is 0. The molecule has 0 amide bonds. The number of aryl methyl sites for hydroxylation is 4. The maximum Gasteiger partial charge on any atom is 0.0611 e. The van der Waals surface area contributed by atoms with Gasteiger partial charge in [-0.05, 0) is 38.8 Å². The zero-order chi connectivity index (χ0) is 14.7. The normalized spacial score (nSPS) is 10.6. The molecule has 0 N–H and O–H groups in total. The lowest BCUT2D eigenvalue weighted by atomic mass is 9.88. The standard InChI is InChI=1S/C18H23OP.BrH/c1-12-5-13(2)8-16(7-12)18(11-19-20)17-9-14(3)6-15(4)10-17;/h5-10,18H,11,20H2,1-4H3;1H. The van der Waals surface area contributed by atoms with E-state index < -0.39 is 0 Å². The van der Waals surface area contributed by atoms with E-state index >= 15 is 0 Å². The van der Waals surface area contributed by atoms with Crippen molar-refractivity contribution in [3.8, 4) is 0 Å². The van der Waals surface area contributed by atoms with Gasteiger partial charge in [0.1, 0.15) is 0 Å². The number of benzene rings is 2. The molecule has 2 aromatic rings. The van der Waals surface area contributed by atoms with E-state index in [2.05, 4.69) is 73.6 Å². The smallest absolute Gasteiger partial charge is 0.0611 e. The van der Waals surface area contributed by atoms with Gasteiger partial charge in [0.2, 0.25) is 0 Å². The fourth-order valence-corrected chi connectivity index (χ4v) is 3.10. The van der Waals surface area contributed by atoms with Crippen LogP contribution in [0.4, 0.5) is 0 Å². The Kier molecular flexibility index (Phi) is 7.06. The molecule has 0 fully saturated rings. The number of hydrogen-bond acceptors (Lipinski definition) is 1. The number of halogens is 1. The van der Waals surface area contributed by atoms with Crippen molar-refractivity contribution in [2.75, 3.05) is 6.61 Å². The minimum atomic E-state index is 0. The van der Waals surface area contributed by atoms with Gasteiger partial charge in [-0.25, -0.2) is 0 Å². The lowest BCUT2D eigenvalue weighted by Gasteiger charge is -2.19. The largest absolute Gasteiger partial charge is 0.365 e. The first-order chi connectivity index (χ1) is 9.49. The van der Waals surface area contributed by atoms with E-state index in [1.165, 1.54) is 33.4 Å². The molecule has 0 heterocycles. The van der Waals surface area contributed by atoms with Crippen molar-refractivity contribution >= 4 is 26.4 Å². The summed E-state index contributed by atoms with van der Waals surface area (Å²) in [6.07, 6.45) is 0. The van der Waals surface area contributed by atoms with Crippen molar-refractivity contribution in [3.63, 3.8) is 0 Å². The molecule has 0 saturated carbocycles. The highest BCUT2D eigenvalue weighted by molar-refractivity contribution is 8.93. The number of hydrogen-bond donors (Lipinski definition) is 0. The minimum Gasteiger partial charge on any atom is -0.365 e. The summed E-state index contributed by atoms with van der Waals surface area (Å²) in [7, 11) is 2.37. The molecule has 2 aromatic carbocycles. The van der Waals surface area contributed by atoms with Crippen LogP contribution in [0.2, 0.25) is 0 Å². The minimum absolute atomic E-state index is 0. The van der Waals surface area contributed by atoms with Gasteiger partial charge >= 0.3 is 0 Å². The zero-order valence-electron chi connectivity index (χ0n) is 13.1. The predicted octanol–water partition coefficient (Wildman–Crippen LogP) is 5.44. The molecule has 0 aromatic heterocycles. The van der Waals surface area contributed by atoms with Crippen molar-refractivity contribution in [2.24, 2.45) is 0 Å². The summed E-state index contributed by atoms with van der Waals surface area (Å²) < 4.78 is 5.39. The van der Waals surface area contributed by atoms with Gasteiger partial charge in [0.05, 0.1) is 6.61 Å². The third-order valence-corrected chi connectivity index (χ3v) is 3.75. The van der Waals surface area contributed by atoms with E-state index in [0.717, 1.165) is 0 Å². The Balaban J connectivity index is 0.00000220. The summed E-state index contributed by atoms with van der Waals surface area (Å²) in [4.78, 5) is 0. The van der Waals surface area contributed by atoms with Crippen molar-refractivity contribution in [1.29, 1.82) is 0 Å². The van der Waals surface area contributed by atoms with Crippen LogP contribution in [-0.4, -0.2) is 6.61 Å². The summed E-state index contributed by atoms with van der Waals surface area (Å²) in [5.74, 6) is 0.282. The molecule has 0 aliphatic rings. The van der Waals surface area contributed by atoms with E-state index in [0.29, 0.717) is 6.61 Å². The Morgan fingerprint density at radius 2 is 1.10 bits per heavy atom. The van der Waals surface area contributed by atoms with Crippen LogP contribution in [0.3, 0.4) is 0 Å². The van der Waals surface area contributed by atoms with Crippen LogP contribution in [0.25, 0.3) is 0 Å². The van der Waals surface area contributed by atoms with Gasteiger partial charge in [-0.3, -0.25) is 0 Å². The molecular formula is C18H24BrOP. The maximum atomic E-state index is 5.39. The lowest BCUT2D eigenvalue weighted by Crippen LogP contribution is -2.08. The average Bonchev–Trinajstić information content (AvgIpc) is 2.33. The molecule has 1 unspecified atom stereocenters. The van der Waals surface area contributed by atoms with Crippen LogP contribution < -0.4 is 0 Å².